The number of carbonyl (C=O) groups is 3. The molecule has 1 aliphatic carbocycles. The van der Waals surface area contributed by atoms with Crippen LogP contribution in [0.1, 0.15) is 45.1 Å². The van der Waals surface area contributed by atoms with Crippen molar-refractivity contribution in [2.24, 2.45) is 5.41 Å². The van der Waals surface area contributed by atoms with Crippen molar-refractivity contribution in [2.75, 3.05) is 21.3 Å². The van der Waals surface area contributed by atoms with Crippen molar-refractivity contribution in [3.8, 4) is 0 Å². The highest BCUT2D eigenvalue weighted by Crippen LogP contribution is 2.59. The van der Waals surface area contributed by atoms with Gasteiger partial charge in [0.1, 0.15) is 0 Å². The van der Waals surface area contributed by atoms with Crippen LogP contribution in [0.4, 0.5) is 0 Å². The molecule has 0 aromatic heterocycles. The van der Waals surface area contributed by atoms with Gasteiger partial charge in [-0.05, 0) is 42.5 Å². The van der Waals surface area contributed by atoms with Gasteiger partial charge in [0.25, 0.3) is 0 Å². The molecule has 0 bridgehead atoms. The predicted molar refractivity (Wildman–Crippen MR) is 127 cm³/mol. The second-order valence-electron chi connectivity index (χ2n) is 10.0. The number of benzene rings is 1. The maximum absolute atomic E-state index is 13.5. The molecule has 0 heterocycles. The van der Waals surface area contributed by atoms with E-state index in [0.29, 0.717) is 0 Å². The molecule has 0 N–H and O–H groups in total. The molecule has 1 fully saturated rings. The van der Waals surface area contributed by atoms with Crippen LogP contribution in [0, 0.1) is 5.41 Å². The van der Waals surface area contributed by atoms with Crippen LogP contribution in [0.3, 0.4) is 0 Å². The Balaban J connectivity index is 3.00. The molecule has 0 spiro atoms. The molecule has 2 rings (SSSR count). The van der Waals surface area contributed by atoms with Crippen LogP contribution in [0.25, 0.3) is 5.53 Å². The monoisotopic (exact) mass is 490 g/mol. The van der Waals surface area contributed by atoms with Crippen LogP contribution in [-0.4, -0.2) is 63.7 Å². The van der Waals surface area contributed by atoms with E-state index in [9.17, 15) is 19.9 Å². The van der Waals surface area contributed by atoms with Gasteiger partial charge in [-0.1, -0.05) is 51.1 Å². The van der Waals surface area contributed by atoms with Gasteiger partial charge in [0, 0.05) is 0 Å². The third-order valence-electron chi connectivity index (χ3n) is 7.21. The Morgan fingerprint density at radius 2 is 1.50 bits per heavy atom. The zero-order valence-electron chi connectivity index (χ0n) is 21.1. The fourth-order valence-corrected chi connectivity index (χ4v) is 6.00. The Morgan fingerprint density at radius 1 is 0.971 bits per heavy atom. The van der Waals surface area contributed by atoms with Crippen LogP contribution >= 0.6 is 0 Å². The van der Waals surface area contributed by atoms with E-state index in [1.54, 1.807) is 0 Å². The zero-order chi connectivity index (χ0) is 25.9. The number of ether oxygens (including phenoxy) is 3. The lowest BCUT2D eigenvalue weighted by Gasteiger charge is -2.46. The lowest BCUT2D eigenvalue weighted by molar-refractivity contribution is -0.182. The van der Waals surface area contributed by atoms with Crippen LogP contribution in [0.2, 0.25) is 18.1 Å². The SMILES string of the molecule is COC(=O)C(=[N+]=[N-])C1(O[Si](C)(C)C(C)(C)C)CC(c2ccccc2)CC1(C(=O)OC)C(=O)OC. The average molecular weight is 491 g/mol. The summed E-state index contributed by atoms with van der Waals surface area (Å²) >= 11 is 0. The number of methoxy groups -OCH3 is 3. The summed E-state index contributed by atoms with van der Waals surface area (Å²) in [6, 6.07) is 9.24. The molecule has 0 aliphatic heterocycles. The van der Waals surface area contributed by atoms with E-state index in [1.807, 2.05) is 64.2 Å². The fourth-order valence-electron chi connectivity index (χ4n) is 4.46. The summed E-state index contributed by atoms with van der Waals surface area (Å²) in [4.78, 5) is 43.2. The summed E-state index contributed by atoms with van der Waals surface area (Å²) in [6.07, 6.45) is -0.0940. The molecule has 1 aromatic rings. The summed E-state index contributed by atoms with van der Waals surface area (Å²) in [5, 5.41) is -0.389. The molecule has 1 saturated carbocycles. The van der Waals surface area contributed by atoms with Crippen molar-refractivity contribution in [3.05, 3.63) is 41.4 Å². The number of carbonyl (C=O) groups excluding carboxylic acids is 3. The summed E-state index contributed by atoms with van der Waals surface area (Å²) < 4.78 is 21.9. The van der Waals surface area contributed by atoms with Crippen LogP contribution in [0.15, 0.2) is 30.3 Å². The van der Waals surface area contributed by atoms with E-state index < -0.39 is 48.9 Å². The summed E-state index contributed by atoms with van der Waals surface area (Å²) in [7, 11) is 0.582. The fraction of sp³-hybridized carbons (Fsp3) is 0.583. The maximum Gasteiger partial charge on any atom is 0.419 e. The molecule has 10 heteroatoms. The second kappa shape index (κ2) is 9.81. The van der Waals surface area contributed by atoms with E-state index in [1.165, 1.54) is 0 Å². The normalized spacial score (nSPS) is 21.8. The molecule has 9 nitrogen and oxygen atoms in total. The molecule has 1 aromatic carbocycles. The van der Waals surface area contributed by atoms with Gasteiger partial charge >= 0.3 is 23.6 Å². The minimum absolute atomic E-state index is 0.0117. The lowest BCUT2D eigenvalue weighted by atomic mass is 9.71. The average Bonchev–Trinajstić information content (AvgIpc) is 3.13. The molecule has 0 amide bonds. The maximum atomic E-state index is 13.5. The quantitative estimate of drug-likeness (QED) is 0.109. The highest BCUT2D eigenvalue weighted by atomic mass is 28.4. The standard InChI is InChI=1S/C24H34N2O7Si/c1-22(2,3)34(7,8)33-24(18(26-25)19(27)30-4)15-17(16-12-10-9-11-13-16)14-23(24,20(28)31-5)21(29)32-6/h9-13,17H,14-15H2,1-8H3. The molecule has 0 saturated heterocycles. The molecule has 2 unspecified atom stereocenters. The van der Waals surface area contributed by atoms with Crippen molar-refractivity contribution < 1.29 is 37.8 Å². The van der Waals surface area contributed by atoms with E-state index in [4.69, 9.17) is 18.6 Å². The van der Waals surface area contributed by atoms with Gasteiger partial charge in [0.15, 0.2) is 13.9 Å². The Hall–Kier alpha value is -2.81. The number of esters is 3. The minimum Gasteiger partial charge on any atom is -0.468 e. The molecule has 1 aliphatic rings. The van der Waals surface area contributed by atoms with Crippen LogP contribution in [0.5, 0.6) is 0 Å². The van der Waals surface area contributed by atoms with E-state index >= 15 is 0 Å². The van der Waals surface area contributed by atoms with Gasteiger partial charge in [-0.25, -0.2) is 4.79 Å². The number of hydrogen-bond acceptors (Lipinski definition) is 7. The Morgan fingerprint density at radius 3 is 1.91 bits per heavy atom. The van der Waals surface area contributed by atoms with Crippen molar-refractivity contribution >= 4 is 31.9 Å². The van der Waals surface area contributed by atoms with Crippen molar-refractivity contribution in [1.29, 1.82) is 0 Å². The van der Waals surface area contributed by atoms with Gasteiger partial charge in [0.05, 0.1) is 21.3 Å². The van der Waals surface area contributed by atoms with E-state index in [-0.39, 0.29) is 17.9 Å². The predicted octanol–water partition coefficient (Wildman–Crippen LogP) is 3.50. The summed E-state index contributed by atoms with van der Waals surface area (Å²) in [5.41, 5.74) is 6.19. The molecule has 0 radical (unpaired) electrons. The highest BCUT2D eigenvalue weighted by molar-refractivity contribution is 6.74. The molecule has 2 atom stereocenters. The second-order valence-corrected chi connectivity index (χ2v) is 14.8. The third kappa shape index (κ3) is 4.33. The van der Waals surface area contributed by atoms with Gasteiger partial charge < -0.3 is 24.2 Å². The first-order chi connectivity index (χ1) is 15.8. The van der Waals surface area contributed by atoms with Crippen LogP contribution < -0.4 is 0 Å². The first kappa shape index (κ1) is 27.4. The molecular formula is C24H34N2O7Si. The molecular weight excluding hydrogens is 456 g/mol. The third-order valence-corrected chi connectivity index (χ3v) is 11.7. The minimum atomic E-state index is -2.83. The zero-order valence-corrected chi connectivity index (χ0v) is 22.1. The summed E-state index contributed by atoms with van der Waals surface area (Å²) in [6.45, 7) is 9.75. The number of rotatable bonds is 7. The van der Waals surface area contributed by atoms with Crippen molar-refractivity contribution in [2.45, 2.75) is 63.3 Å². The smallest absolute Gasteiger partial charge is 0.419 e. The first-order valence-corrected chi connectivity index (χ1v) is 13.9. The first-order valence-electron chi connectivity index (χ1n) is 11.0. The van der Waals surface area contributed by atoms with E-state index in [0.717, 1.165) is 26.9 Å². The molecule has 186 valence electrons. The topological polar surface area (TPSA) is 125 Å². The van der Waals surface area contributed by atoms with Gasteiger partial charge in [-0.15, -0.1) is 0 Å². The van der Waals surface area contributed by atoms with Crippen LogP contribution in [-0.2, 0) is 33.0 Å². The van der Waals surface area contributed by atoms with Gasteiger partial charge in [0.2, 0.25) is 5.41 Å². The number of hydrogen-bond donors (Lipinski definition) is 0. The summed E-state index contributed by atoms with van der Waals surface area (Å²) in [5.74, 6) is -3.33. The largest absolute Gasteiger partial charge is 0.468 e. The Bertz CT molecular complexity index is 980. The Kier molecular flexibility index (Phi) is 7.92. The van der Waals surface area contributed by atoms with Gasteiger partial charge in [-0.3, -0.25) is 9.59 Å². The highest BCUT2D eigenvalue weighted by Gasteiger charge is 2.77. The van der Waals surface area contributed by atoms with Crippen molar-refractivity contribution in [3.63, 3.8) is 0 Å². The Labute approximate surface area is 201 Å². The van der Waals surface area contributed by atoms with Gasteiger partial charge in [-0.2, -0.15) is 4.79 Å². The van der Waals surface area contributed by atoms with E-state index in [2.05, 4.69) is 4.79 Å². The number of nitrogens with zero attached hydrogens (tertiary/aromatic N) is 2. The van der Waals surface area contributed by atoms with Crippen molar-refractivity contribution in [1.82, 2.24) is 0 Å². The molecule has 34 heavy (non-hydrogen) atoms. The lowest BCUT2D eigenvalue weighted by Crippen LogP contribution is -2.67.